The third-order valence-electron chi connectivity index (χ3n) is 10.8. The molecule has 44 heavy (non-hydrogen) atoms. The molecule has 2 fully saturated rings. The molecule has 2 aromatic carbocycles. The number of allylic oxidation sites excluding steroid dienone is 2. The number of β-amino-alcohol motifs (C(OH)–C–C–N with tert-alkyl or cyclic N) is 1. The standard InChI is InChI=1S/C38H47N3O3/c1-28-9-8-18-37(2)34(17-19-38(37,44)27-40-21-23-41(24-22-40)35-12-6-7-20-39-35)32-16-14-29(25-31(42)15-13-28)26-33(32)36(43)30-10-4-3-5-11-30/h3-7,9-12,14,16,20,26,31,34,42,44H,8,13,15,17-19,21-25,27H2,1-2H3/t31-,34-,37-,38+/m0/s1. The van der Waals surface area contributed by atoms with E-state index in [0.717, 1.165) is 68.8 Å². The number of rotatable bonds is 5. The molecule has 0 spiro atoms. The van der Waals surface area contributed by atoms with E-state index in [0.29, 0.717) is 36.9 Å². The van der Waals surface area contributed by atoms with Gasteiger partial charge in [-0.2, -0.15) is 0 Å². The van der Waals surface area contributed by atoms with Crippen LogP contribution < -0.4 is 4.90 Å². The number of benzene rings is 2. The number of aromatic nitrogens is 1. The van der Waals surface area contributed by atoms with Crippen molar-refractivity contribution >= 4 is 11.6 Å². The molecule has 1 saturated heterocycles. The lowest BCUT2D eigenvalue weighted by molar-refractivity contribution is -0.0841. The van der Waals surface area contributed by atoms with E-state index in [1.165, 1.54) is 5.57 Å². The summed E-state index contributed by atoms with van der Waals surface area (Å²) in [6.45, 7) is 8.60. The highest BCUT2D eigenvalue weighted by atomic mass is 16.3. The van der Waals surface area contributed by atoms with Gasteiger partial charge in [-0.3, -0.25) is 9.69 Å². The first kappa shape index (κ1) is 30.7. The van der Waals surface area contributed by atoms with Crippen LogP contribution >= 0.6 is 0 Å². The zero-order chi connectivity index (χ0) is 30.7. The molecule has 2 N–H and O–H groups in total. The molecule has 0 radical (unpaired) electrons. The molecule has 6 heteroatoms. The summed E-state index contributed by atoms with van der Waals surface area (Å²) in [4.78, 5) is 23.4. The molecule has 1 aromatic heterocycles. The molecule has 4 atom stereocenters. The summed E-state index contributed by atoms with van der Waals surface area (Å²) in [7, 11) is 0. The van der Waals surface area contributed by atoms with Crippen LogP contribution in [0.15, 0.2) is 84.6 Å². The van der Waals surface area contributed by atoms with Gasteiger partial charge in [-0.05, 0) is 87.1 Å². The van der Waals surface area contributed by atoms with E-state index < -0.39 is 17.1 Å². The average molecular weight is 594 g/mol. The Morgan fingerprint density at radius 2 is 1.75 bits per heavy atom. The third-order valence-corrected chi connectivity index (χ3v) is 10.8. The van der Waals surface area contributed by atoms with Crippen LogP contribution in [0.2, 0.25) is 0 Å². The molecular weight excluding hydrogens is 546 g/mol. The van der Waals surface area contributed by atoms with E-state index in [1.54, 1.807) is 0 Å². The van der Waals surface area contributed by atoms with E-state index in [4.69, 9.17) is 0 Å². The number of carbonyl (C=O) groups is 1. The van der Waals surface area contributed by atoms with Crippen LogP contribution in [0.1, 0.15) is 85.3 Å². The second kappa shape index (κ2) is 13.0. The van der Waals surface area contributed by atoms with Gasteiger partial charge in [0, 0.05) is 55.5 Å². The Bertz CT molecular complexity index is 1470. The van der Waals surface area contributed by atoms with Crippen LogP contribution in [0, 0.1) is 5.41 Å². The van der Waals surface area contributed by atoms with Gasteiger partial charge in [0.2, 0.25) is 0 Å². The summed E-state index contributed by atoms with van der Waals surface area (Å²) in [5, 5.41) is 23.5. The van der Waals surface area contributed by atoms with Crippen molar-refractivity contribution in [3.05, 3.63) is 107 Å². The minimum atomic E-state index is -0.883. The predicted molar refractivity (Wildman–Crippen MR) is 176 cm³/mol. The van der Waals surface area contributed by atoms with Gasteiger partial charge in [0.1, 0.15) is 5.82 Å². The lowest BCUT2D eigenvalue weighted by atomic mass is 9.64. The Kier molecular flexibility index (Phi) is 9.04. The minimum Gasteiger partial charge on any atom is -0.393 e. The maximum Gasteiger partial charge on any atom is 0.193 e. The third kappa shape index (κ3) is 6.26. The monoisotopic (exact) mass is 593 g/mol. The highest BCUT2D eigenvalue weighted by Gasteiger charge is 2.57. The zero-order valence-electron chi connectivity index (χ0n) is 26.3. The molecule has 232 valence electrons. The SMILES string of the molecule is CC1=CCC[C@@]2(C)[C@@H](CC[C@@]2(O)CN2CCN(c3ccccn3)CC2)c2ccc(cc2C(=O)c2ccccc2)C[C@@H](O)CC1. The van der Waals surface area contributed by atoms with Crippen molar-refractivity contribution in [1.82, 2.24) is 9.88 Å². The molecule has 0 amide bonds. The normalized spacial score (nSPS) is 28.3. The van der Waals surface area contributed by atoms with E-state index in [2.05, 4.69) is 52.9 Å². The molecule has 2 heterocycles. The molecule has 1 aliphatic heterocycles. The first-order valence-electron chi connectivity index (χ1n) is 16.4. The summed E-state index contributed by atoms with van der Waals surface area (Å²) in [6, 6.07) is 21.8. The van der Waals surface area contributed by atoms with Crippen molar-refractivity contribution in [2.75, 3.05) is 37.6 Å². The number of fused-ring (bicyclic) bond motifs is 8. The first-order chi connectivity index (χ1) is 21.3. The van der Waals surface area contributed by atoms with Gasteiger partial charge in [-0.15, -0.1) is 0 Å². The van der Waals surface area contributed by atoms with E-state index in [1.807, 2.05) is 54.7 Å². The fourth-order valence-corrected chi connectivity index (χ4v) is 7.99. The van der Waals surface area contributed by atoms with Gasteiger partial charge >= 0.3 is 0 Å². The number of anilines is 1. The number of pyridine rings is 1. The molecule has 6 nitrogen and oxygen atoms in total. The second-order valence-electron chi connectivity index (χ2n) is 13.6. The van der Waals surface area contributed by atoms with E-state index in [9.17, 15) is 15.0 Å². The Labute approximate surface area is 262 Å². The maximum atomic E-state index is 14.1. The second-order valence-corrected chi connectivity index (χ2v) is 13.6. The Morgan fingerprint density at radius 3 is 2.50 bits per heavy atom. The topological polar surface area (TPSA) is 76.9 Å². The Balaban J connectivity index is 1.33. The Morgan fingerprint density at radius 1 is 0.977 bits per heavy atom. The molecule has 4 aliphatic rings. The van der Waals surface area contributed by atoms with Gasteiger partial charge < -0.3 is 15.1 Å². The lowest BCUT2D eigenvalue weighted by Crippen LogP contribution is -2.56. The Hall–Kier alpha value is -3.32. The van der Waals surface area contributed by atoms with Crippen molar-refractivity contribution < 1.29 is 15.0 Å². The number of aliphatic hydroxyl groups is 2. The van der Waals surface area contributed by atoms with E-state index >= 15 is 0 Å². The molecule has 0 unspecified atom stereocenters. The smallest absolute Gasteiger partial charge is 0.193 e. The van der Waals surface area contributed by atoms with Gasteiger partial charge in [0.25, 0.3) is 0 Å². The zero-order valence-corrected chi connectivity index (χ0v) is 26.3. The van der Waals surface area contributed by atoms with Crippen molar-refractivity contribution in [3.8, 4) is 0 Å². The van der Waals surface area contributed by atoms with Gasteiger partial charge in [-0.25, -0.2) is 4.98 Å². The molecule has 3 aliphatic carbocycles. The highest BCUT2D eigenvalue weighted by Crippen LogP contribution is 2.59. The first-order valence-corrected chi connectivity index (χ1v) is 16.4. The van der Waals surface area contributed by atoms with Crippen molar-refractivity contribution in [3.63, 3.8) is 0 Å². The van der Waals surface area contributed by atoms with E-state index in [-0.39, 0.29) is 11.7 Å². The molecule has 2 bridgehead atoms. The van der Waals surface area contributed by atoms with Crippen LogP contribution in [-0.4, -0.2) is 70.3 Å². The fourth-order valence-electron chi connectivity index (χ4n) is 7.99. The average Bonchev–Trinajstić information content (AvgIpc) is 3.29. The van der Waals surface area contributed by atoms with Crippen LogP contribution in [0.4, 0.5) is 5.82 Å². The summed E-state index contributed by atoms with van der Waals surface area (Å²) in [6.07, 6.45) is 9.01. The number of aliphatic hydroxyl groups excluding tert-OH is 1. The van der Waals surface area contributed by atoms with Gasteiger partial charge in [-0.1, -0.05) is 67.1 Å². The number of nitrogens with zero attached hydrogens (tertiary/aromatic N) is 3. The van der Waals surface area contributed by atoms with Crippen LogP contribution in [0.5, 0.6) is 0 Å². The maximum absolute atomic E-state index is 14.1. The van der Waals surface area contributed by atoms with Crippen LogP contribution in [-0.2, 0) is 6.42 Å². The largest absolute Gasteiger partial charge is 0.393 e. The molecule has 1 saturated carbocycles. The predicted octanol–water partition coefficient (Wildman–Crippen LogP) is 6.17. The number of hydrogen-bond donors (Lipinski definition) is 2. The van der Waals surface area contributed by atoms with Crippen molar-refractivity contribution in [1.29, 1.82) is 0 Å². The quantitative estimate of drug-likeness (QED) is 0.272. The molecule has 7 rings (SSSR count). The van der Waals surface area contributed by atoms with Crippen molar-refractivity contribution in [2.24, 2.45) is 5.41 Å². The summed E-state index contributed by atoms with van der Waals surface area (Å²) >= 11 is 0. The summed E-state index contributed by atoms with van der Waals surface area (Å²) < 4.78 is 0. The van der Waals surface area contributed by atoms with Crippen molar-refractivity contribution in [2.45, 2.75) is 76.4 Å². The number of hydrogen-bond acceptors (Lipinski definition) is 6. The molecular formula is C38H47N3O3. The fraction of sp³-hybridized carbons (Fsp3) is 0.474. The number of piperazine rings is 1. The number of ketones is 1. The number of carbonyl (C=O) groups excluding carboxylic acids is 1. The summed E-state index contributed by atoms with van der Waals surface area (Å²) in [5.74, 6) is 1.07. The minimum absolute atomic E-state index is 0.0169. The van der Waals surface area contributed by atoms with Crippen LogP contribution in [0.25, 0.3) is 0 Å². The van der Waals surface area contributed by atoms with Gasteiger partial charge in [0.05, 0.1) is 11.7 Å². The lowest BCUT2D eigenvalue weighted by Gasteiger charge is -2.47. The molecule has 3 aromatic rings. The highest BCUT2D eigenvalue weighted by molar-refractivity contribution is 6.10. The summed E-state index contributed by atoms with van der Waals surface area (Å²) in [5.41, 5.74) is 3.40. The van der Waals surface area contributed by atoms with Gasteiger partial charge in [0.15, 0.2) is 5.78 Å². The van der Waals surface area contributed by atoms with Crippen LogP contribution in [0.3, 0.4) is 0 Å².